The zero-order valence-corrected chi connectivity index (χ0v) is 10.5. The van der Waals surface area contributed by atoms with Crippen molar-refractivity contribution in [1.82, 2.24) is 5.32 Å². The van der Waals surface area contributed by atoms with Crippen LogP contribution in [0, 0.1) is 0 Å². The summed E-state index contributed by atoms with van der Waals surface area (Å²) in [5, 5.41) is 13.2. The number of hydrogen-bond donors (Lipinski definition) is 2. The van der Waals surface area contributed by atoms with Crippen molar-refractivity contribution in [2.24, 2.45) is 0 Å². The van der Waals surface area contributed by atoms with Gasteiger partial charge in [0.2, 0.25) is 0 Å². The Morgan fingerprint density at radius 1 is 1.06 bits per heavy atom. The smallest absolute Gasteiger partial charge is 0.0641 e. The maximum atomic E-state index is 9.47. The topological polar surface area (TPSA) is 41.5 Å². The predicted molar refractivity (Wildman–Crippen MR) is 64.5 cm³/mol. The molecule has 0 aromatic carbocycles. The summed E-state index contributed by atoms with van der Waals surface area (Å²) in [5.74, 6) is 0. The molecular weight excluding hydrogens is 202 g/mol. The van der Waals surface area contributed by atoms with Crippen LogP contribution in [0.3, 0.4) is 0 Å². The highest BCUT2D eigenvalue weighted by Gasteiger charge is 2.30. The van der Waals surface area contributed by atoms with Gasteiger partial charge in [-0.3, -0.25) is 0 Å². The van der Waals surface area contributed by atoms with Crippen LogP contribution in [-0.2, 0) is 4.74 Å². The van der Waals surface area contributed by atoms with Gasteiger partial charge in [-0.1, -0.05) is 0 Å². The van der Waals surface area contributed by atoms with Crippen LogP contribution < -0.4 is 5.32 Å². The van der Waals surface area contributed by atoms with Crippen molar-refractivity contribution in [2.75, 3.05) is 6.61 Å². The molecule has 1 heterocycles. The molecule has 16 heavy (non-hydrogen) atoms. The number of hydrogen-bond acceptors (Lipinski definition) is 3. The quantitative estimate of drug-likeness (QED) is 0.756. The van der Waals surface area contributed by atoms with E-state index in [1.807, 2.05) is 0 Å². The monoisotopic (exact) mass is 227 g/mol. The summed E-state index contributed by atoms with van der Waals surface area (Å²) in [7, 11) is 0. The molecule has 0 radical (unpaired) electrons. The van der Waals surface area contributed by atoms with Crippen molar-refractivity contribution in [3.05, 3.63) is 0 Å². The van der Waals surface area contributed by atoms with Crippen LogP contribution in [0.1, 0.15) is 52.4 Å². The van der Waals surface area contributed by atoms with E-state index in [2.05, 4.69) is 19.2 Å². The molecule has 1 saturated carbocycles. The maximum absolute atomic E-state index is 9.47. The van der Waals surface area contributed by atoms with Crippen molar-refractivity contribution in [3.63, 3.8) is 0 Å². The van der Waals surface area contributed by atoms with E-state index < -0.39 is 0 Å². The fourth-order valence-electron chi connectivity index (χ4n) is 2.95. The molecule has 0 amide bonds. The summed E-state index contributed by atoms with van der Waals surface area (Å²) in [4.78, 5) is 0. The lowest BCUT2D eigenvalue weighted by Crippen LogP contribution is -2.48. The summed E-state index contributed by atoms with van der Waals surface area (Å²) in [6.07, 6.45) is 6.35. The molecule has 2 aliphatic rings. The molecule has 0 aromatic heterocycles. The lowest BCUT2D eigenvalue weighted by molar-refractivity contribution is -0.0651. The summed E-state index contributed by atoms with van der Waals surface area (Å²) < 4.78 is 5.72. The summed E-state index contributed by atoms with van der Waals surface area (Å²) in [6.45, 7) is 5.22. The highest BCUT2D eigenvalue weighted by Crippen LogP contribution is 2.26. The van der Waals surface area contributed by atoms with Gasteiger partial charge in [-0.25, -0.2) is 0 Å². The van der Waals surface area contributed by atoms with Crippen LogP contribution in [0.4, 0.5) is 0 Å². The zero-order valence-electron chi connectivity index (χ0n) is 10.5. The van der Waals surface area contributed by atoms with Gasteiger partial charge < -0.3 is 15.2 Å². The highest BCUT2D eigenvalue weighted by molar-refractivity contribution is 4.86. The van der Waals surface area contributed by atoms with E-state index in [1.54, 1.807) is 0 Å². The minimum absolute atomic E-state index is 0.0318. The third-order valence-corrected chi connectivity index (χ3v) is 3.87. The Hall–Kier alpha value is -0.120. The van der Waals surface area contributed by atoms with Crippen molar-refractivity contribution in [1.29, 1.82) is 0 Å². The first-order valence-electron chi connectivity index (χ1n) is 6.63. The zero-order chi connectivity index (χ0) is 11.6. The molecule has 1 aliphatic carbocycles. The minimum Gasteiger partial charge on any atom is -0.393 e. The molecule has 3 nitrogen and oxygen atoms in total. The lowest BCUT2D eigenvalue weighted by atomic mass is 9.89. The fraction of sp³-hybridized carbons (Fsp3) is 1.00. The first kappa shape index (κ1) is 12.3. The molecule has 1 saturated heterocycles. The molecule has 0 bridgehead atoms. The molecule has 1 unspecified atom stereocenters. The second-order valence-electron chi connectivity index (χ2n) is 5.97. The van der Waals surface area contributed by atoms with E-state index in [-0.39, 0.29) is 11.7 Å². The first-order valence-corrected chi connectivity index (χ1v) is 6.63. The largest absolute Gasteiger partial charge is 0.393 e. The van der Waals surface area contributed by atoms with Gasteiger partial charge in [0.05, 0.1) is 11.7 Å². The standard InChI is InChI=1S/C13H25NO2/c1-13(2)9-11(7-8-16-13)14-10-3-5-12(15)6-4-10/h10-12,14-15H,3-9H2,1-2H3. The van der Waals surface area contributed by atoms with Crippen molar-refractivity contribution in [3.8, 4) is 0 Å². The second kappa shape index (κ2) is 5.03. The van der Waals surface area contributed by atoms with Crippen LogP contribution in [-0.4, -0.2) is 35.5 Å². The average Bonchev–Trinajstić information content (AvgIpc) is 2.20. The molecule has 2 fully saturated rings. The molecule has 3 heteroatoms. The van der Waals surface area contributed by atoms with Crippen LogP contribution >= 0.6 is 0 Å². The van der Waals surface area contributed by atoms with E-state index in [4.69, 9.17) is 4.74 Å². The van der Waals surface area contributed by atoms with Crippen molar-refractivity contribution in [2.45, 2.75) is 76.2 Å². The van der Waals surface area contributed by atoms with Crippen LogP contribution in [0.15, 0.2) is 0 Å². The van der Waals surface area contributed by atoms with Gasteiger partial charge in [0.1, 0.15) is 0 Å². The first-order chi connectivity index (χ1) is 7.55. The highest BCUT2D eigenvalue weighted by atomic mass is 16.5. The van der Waals surface area contributed by atoms with E-state index in [0.717, 1.165) is 45.1 Å². The Morgan fingerprint density at radius 3 is 2.38 bits per heavy atom. The summed E-state index contributed by atoms with van der Waals surface area (Å²) in [6, 6.07) is 1.21. The van der Waals surface area contributed by atoms with Gasteiger partial charge in [-0.15, -0.1) is 0 Å². The van der Waals surface area contributed by atoms with Gasteiger partial charge in [-0.05, 0) is 52.4 Å². The number of aliphatic hydroxyl groups excluding tert-OH is 1. The molecule has 1 atom stereocenters. The van der Waals surface area contributed by atoms with E-state index in [1.165, 1.54) is 0 Å². The third-order valence-electron chi connectivity index (χ3n) is 3.87. The van der Waals surface area contributed by atoms with E-state index in [9.17, 15) is 5.11 Å². The number of nitrogens with one attached hydrogen (secondary N) is 1. The maximum Gasteiger partial charge on any atom is 0.0641 e. The number of rotatable bonds is 2. The third kappa shape index (κ3) is 3.44. The average molecular weight is 227 g/mol. The van der Waals surface area contributed by atoms with Gasteiger partial charge >= 0.3 is 0 Å². The van der Waals surface area contributed by atoms with Crippen LogP contribution in [0.5, 0.6) is 0 Å². The Labute approximate surface area is 98.6 Å². The molecule has 94 valence electrons. The molecule has 2 N–H and O–H groups in total. The lowest BCUT2D eigenvalue weighted by Gasteiger charge is -2.38. The number of ether oxygens (including phenoxy) is 1. The van der Waals surface area contributed by atoms with Crippen LogP contribution in [0.2, 0.25) is 0 Å². The Kier molecular flexibility index (Phi) is 3.88. The normalized spacial score (nSPS) is 39.6. The minimum atomic E-state index is -0.0517. The molecule has 2 rings (SSSR count). The predicted octanol–water partition coefficient (Wildman–Crippen LogP) is 1.84. The Morgan fingerprint density at radius 2 is 1.75 bits per heavy atom. The molecule has 1 aliphatic heterocycles. The van der Waals surface area contributed by atoms with Crippen molar-refractivity contribution < 1.29 is 9.84 Å². The van der Waals surface area contributed by atoms with Crippen LogP contribution in [0.25, 0.3) is 0 Å². The SMILES string of the molecule is CC1(C)CC(NC2CCC(O)CC2)CCO1. The second-order valence-corrected chi connectivity index (χ2v) is 5.97. The van der Waals surface area contributed by atoms with Crippen molar-refractivity contribution >= 4 is 0 Å². The Bertz CT molecular complexity index is 222. The van der Waals surface area contributed by atoms with Gasteiger partial charge in [-0.2, -0.15) is 0 Å². The summed E-state index contributed by atoms with van der Waals surface area (Å²) in [5.41, 5.74) is 0.0318. The molecular formula is C13H25NO2. The van der Waals surface area contributed by atoms with Gasteiger partial charge in [0.25, 0.3) is 0 Å². The molecule has 0 spiro atoms. The Balaban J connectivity index is 1.76. The van der Waals surface area contributed by atoms with E-state index >= 15 is 0 Å². The number of aliphatic hydroxyl groups is 1. The fourth-order valence-corrected chi connectivity index (χ4v) is 2.95. The van der Waals surface area contributed by atoms with E-state index in [0.29, 0.717) is 12.1 Å². The molecule has 0 aromatic rings. The van der Waals surface area contributed by atoms with Gasteiger partial charge in [0.15, 0.2) is 0 Å². The summed E-state index contributed by atoms with van der Waals surface area (Å²) >= 11 is 0. The van der Waals surface area contributed by atoms with Gasteiger partial charge in [0, 0.05) is 18.7 Å².